The molecule has 0 aliphatic heterocycles. The summed E-state index contributed by atoms with van der Waals surface area (Å²) in [6.45, 7) is 7.20. The van der Waals surface area contributed by atoms with Crippen LogP contribution in [-0.4, -0.2) is 24.3 Å². The first-order chi connectivity index (χ1) is 10.5. The van der Waals surface area contributed by atoms with Crippen LogP contribution < -0.4 is 9.47 Å². The van der Waals surface area contributed by atoms with Crippen molar-refractivity contribution in [3.63, 3.8) is 0 Å². The lowest BCUT2D eigenvalue weighted by molar-refractivity contribution is -0.142. The van der Waals surface area contributed by atoms with Gasteiger partial charge < -0.3 is 14.6 Å². The van der Waals surface area contributed by atoms with Gasteiger partial charge in [-0.2, -0.15) is 0 Å². The first kappa shape index (κ1) is 18.3. The van der Waals surface area contributed by atoms with E-state index in [0.29, 0.717) is 43.5 Å². The van der Waals surface area contributed by atoms with Gasteiger partial charge in [-0.25, -0.2) is 0 Å². The van der Waals surface area contributed by atoms with Crippen molar-refractivity contribution in [3.8, 4) is 11.5 Å². The van der Waals surface area contributed by atoms with E-state index in [9.17, 15) is 9.90 Å². The molecule has 4 heteroatoms. The van der Waals surface area contributed by atoms with E-state index in [-0.39, 0.29) is 5.92 Å². The van der Waals surface area contributed by atoms with Crippen LogP contribution in [0.15, 0.2) is 24.3 Å². The molecule has 4 nitrogen and oxygen atoms in total. The second-order valence-corrected chi connectivity index (χ2v) is 5.88. The minimum atomic E-state index is -0.731. The van der Waals surface area contributed by atoms with Crippen LogP contribution in [-0.2, 0) is 4.79 Å². The normalized spacial score (nSPS) is 12.2. The fraction of sp³-hybridized carbons (Fsp3) is 0.611. The Bertz CT molecular complexity index is 442. The predicted octanol–water partition coefficient (Wildman–Crippen LogP) is 4.38. The number of carboxylic acid groups (broad SMARTS) is 1. The smallest absolute Gasteiger partial charge is 0.306 e. The third-order valence-corrected chi connectivity index (χ3v) is 3.56. The average molecular weight is 308 g/mol. The summed E-state index contributed by atoms with van der Waals surface area (Å²) in [5.41, 5.74) is 0. The maximum atomic E-state index is 11.3. The zero-order valence-electron chi connectivity index (χ0n) is 13.9. The number of hydrogen-bond acceptors (Lipinski definition) is 3. The van der Waals surface area contributed by atoms with Crippen molar-refractivity contribution in [2.45, 2.75) is 46.5 Å². The lowest BCUT2D eigenvalue weighted by Gasteiger charge is -2.15. The van der Waals surface area contributed by atoms with Crippen LogP contribution in [0.25, 0.3) is 0 Å². The highest BCUT2D eigenvalue weighted by Crippen LogP contribution is 2.27. The van der Waals surface area contributed by atoms with Gasteiger partial charge in [-0.1, -0.05) is 38.8 Å². The Balaban J connectivity index is 2.44. The van der Waals surface area contributed by atoms with Crippen molar-refractivity contribution < 1.29 is 19.4 Å². The van der Waals surface area contributed by atoms with Gasteiger partial charge in [-0.15, -0.1) is 0 Å². The monoisotopic (exact) mass is 308 g/mol. The summed E-state index contributed by atoms with van der Waals surface area (Å²) in [6, 6.07) is 7.48. The number of carbonyl (C=O) groups is 1. The highest BCUT2D eigenvalue weighted by Gasteiger charge is 2.17. The summed E-state index contributed by atoms with van der Waals surface area (Å²) in [5, 5.41) is 9.29. The highest BCUT2D eigenvalue weighted by molar-refractivity contribution is 5.69. The fourth-order valence-corrected chi connectivity index (χ4v) is 2.32. The van der Waals surface area contributed by atoms with E-state index in [4.69, 9.17) is 9.47 Å². The van der Waals surface area contributed by atoms with E-state index in [1.54, 1.807) is 0 Å². The lowest BCUT2D eigenvalue weighted by Crippen LogP contribution is -2.17. The molecule has 0 saturated carbocycles. The van der Waals surface area contributed by atoms with Gasteiger partial charge in [0.25, 0.3) is 0 Å². The van der Waals surface area contributed by atoms with Crippen LogP contribution in [0, 0.1) is 11.8 Å². The Morgan fingerprint density at radius 1 is 1.09 bits per heavy atom. The van der Waals surface area contributed by atoms with Crippen molar-refractivity contribution in [1.82, 2.24) is 0 Å². The van der Waals surface area contributed by atoms with Gasteiger partial charge in [0.15, 0.2) is 11.5 Å². The van der Waals surface area contributed by atoms with E-state index in [0.717, 1.165) is 12.8 Å². The maximum Gasteiger partial charge on any atom is 0.306 e. The number of hydrogen-bond donors (Lipinski definition) is 1. The van der Waals surface area contributed by atoms with Gasteiger partial charge in [0.05, 0.1) is 19.1 Å². The third-order valence-electron chi connectivity index (χ3n) is 3.56. The first-order valence-corrected chi connectivity index (χ1v) is 8.12. The standard InChI is InChI=1S/C18H28O4/c1-4-21-16-10-5-6-11-17(16)22-13-12-15(18(19)20)9-7-8-14(2)3/h5-6,10-11,14-15H,4,7-9,12-13H2,1-3H3,(H,19,20). The minimum absolute atomic E-state index is 0.335. The second-order valence-electron chi connectivity index (χ2n) is 5.88. The van der Waals surface area contributed by atoms with Gasteiger partial charge in [0, 0.05) is 0 Å². The van der Waals surface area contributed by atoms with Crippen LogP contribution in [0.1, 0.15) is 46.5 Å². The molecule has 1 unspecified atom stereocenters. The average Bonchev–Trinajstić information content (AvgIpc) is 2.47. The molecule has 0 fully saturated rings. The molecule has 0 heterocycles. The molecule has 0 aromatic heterocycles. The molecule has 1 atom stereocenters. The Morgan fingerprint density at radius 3 is 2.27 bits per heavy atom. The molecule has 22 heavy (non-hydrogen) atoms. The molecule has 124 valence electrons. The molecule has 0 spiro atoms. The van der Waals surface area contributed by atoms with E-state index in [1.165, 1.54) is 0 Å². The molecule has 0 radical (unpaired) electrons. The number of ether oxygens (including phenoxy) is 2. The topological polar surface area (TPSA) is 55.8 Å². The minimum Gasteiger partial charge on any atom is -0.490 e. The van der Waals surface area contributed by atoms with Gasteiger partial charge in [0.1, 0.15) is 0 Å². The molecular formula is C18H28O4. The molecular weight excluding hydrogens is 280 g/mol. The summed E-state index contributed by atoms with van der Waals surface area (Å²) in [7, 11) is 0. The van der Waals surface area contributed by atoms with Gasteiger partial charge in [-0.05, 0) is 37.8 Å². The Hall–Kier alpha value is -1.71. The molecule has 1 aromatic rings. The zero-order chi connectivity index (χ0) is 16.4. The number of para-hydroxylation sites is 2. The molecule has 1 rings (SSSR count). The van der Waals surface area contributed by atoms with Crippen LogP contribution in [0.4, 0.5) is 0 Å². The van der Waals surface area contributed by atoms with E-state index in [2.05, 4.69) is 13.8 Å². The number of carboxylic acids is 1. The van der Waals surface area contributed by atoms with Crippen molar-refractivity contribution >= 4 is 5.97 Å². The third kappa shape index (κ3) is 6.83. The first-order valence-electron chi connectivity index (χ1n) is 8.12. The van der Waals surface area contributed by atoms with E-state index in [1.807, 2.05) is 31.2 Å². The van der Waals surface area contributed by atoms with Crippen molar-refractivity contribution in [2.24, 2.45) is 11.8 Å². The van der Waals surface area contributed by atoms with Crippen LogP contribution >= 0.6 is 0 Å². The largest absolute Gasteiger partial charge is 0.490 e. The van der Waals surface area contributed by atoms with Crippen molar-refractivity contribution in [2.75, 3.05) is 13.2 Å². The predicted molar refractivity (Wildman–Crippen MR) is 87.5 cm³/mol. The summed E-state index contributed by atoms with van der Waals surface area (Å²) in [6.07, 6.45) is 3.25. The van der Waals surface area contributed by atoms with E-state index < -0.39 is 5.97 Å². The van der Waals surface area contributed by atoms with Gasteiger partial charge in [-0.3, -0.25) is 4.79 Å². The van der Waals surface area contributed by atoms with Gasteiger partial charge in [0.2, 0.25) is 0 Å². The van der Waals surface area contributed by atoms with Crippen LogP contribution in [0.2, 0.25) is 0 Å². The van der Waals surface area contributed by atoms with E-state index >= 15 is 0 Å². The van der Waals surface area contributed by atoms with Gasteiger partial charge >= 0.3 is 5.97 Å². The summed E-state index contributed by atoms with van der Waals surface area (Å²) in [4.78, 5) is 11.3. The molecule has 0 aliphatic carbocycles. The Kier molecular flexibility index (Phi) is 8.41. The molecule has 0 amide bonds. The number of aliphatic carboxylic acids is 1. The summed E-state index contributed by atoms with van der Waals surface area (Å²) < 4.78 is 11.2. The second kappa shape index (κ2) is 10.1. The Morgan fingerprint density at radius 2 is 1.73 bits per heavy atom. The SMILES string of the molecule is CCOc1ccccc1OCCC(CCCC(C)C)C(=O)O. The van der Waals surface area contributed by atoms with Crippen molar-refractivity contribution in [3.05, 3.63) is 24.3 Å². The Labute approximate surface area is 133 Å². The summed E-state index contributed by atoms with van der Waals surface area (Å²) >= 11 is 0. The lowest BCUT2D eigenvalue weighted by atomic mass is 9.96. The maximum absolute atomic E-state index is 11.3. The fourth-order valence-electron chi connectivity index (χ4n) is 2.32. The molecule has 0 aliphatic rings. The molecule has 0 saturated heterocycles. The number of benzene rings is 1. The molecule has 1 aromatic carbocycles. The summed E-state index contributed by atoms with van der Waals surface area (Å²) in [5.74, 6) is 0.930. The number of rotatable bonds is 11. The van der Waals surface area contributed by atoms with Crippen LogP contribution in [0.5, 0.6) is 11.5 Å². The zero-order valence-corrected chi connectivity index (χ0v) is 13.9. The van der Waals surface area contributed by atoms with Crippen molar-refractivity contribution in [1.29, 1.82) is 0 Å². The molecule has 0 bridgehead atoms. The van der Waals surface area contributed by atoms with Crippen LogP contribution in [0.3, 0.4) is 0 Å². The quantitative estimate of drug-likeness (QED) is 0.659. The highest BCUT2D eigenvalue weighted by atomic mass is 16.5. The molecule has 1 N–H and O–H groups in total.